The Hall–Kier alpha value is -1.17. The molecule has 1 heterocycles. The van der Waals surface area contributed by atoms with Crippen LogP contribution >= 0.6 is 0 Å². The fourth-order valence-corrected chi connectivity index (χ4v) is 1.32. The number of anilines is 1. The lowest BCUT2D eigenvalue weighted by Crippen LogP contribution is -2.22. The second-order valence-electron chi connectivity index (χ2n) is 3.56. The number of hydrogen-bond donors (Lipinski definition) is 4. The zero-order valence-electron chi connectivity index (χ0n) is 8.72. The minimum Gasteiger partial charge on any atom is -0.390 e. The van der Waals surface area contributed by atoms with E-state index in [1.807, 2.05) is 0 Å². The fourth-order valence-electron chi connectivity index (χ4n) is 1.32. The van der Waals surface area contributed by atoms with Gasteiger partial charge in [-0.2, -0.15) is 0 Å². The standard InChI is InChI=1S/C10H17N3O2/c1-6-4-7(5-13-10(6)12)9(15)8(14)2-3-11/h4-5,8-9,14-15H,2-3,11H2,1H3,(H2,12,13). The van der Waals surface area contributed by atoms with E-state index in [-0.39, 0.29) is 0 Å². The molecule has 0 amide bonds. The Morgan fingerprint density at radius 3 is 2.67 bits per heavy atom. The molecule has 6 N–H and O–H groups in total. The third-order valence-electron chi connectivity index (χ3n) is 2.31. The Morgan fingerprint density at radius 1 is 1.47 bits per heavy atom. The molecule has 0 saturated carbocycles. The van der Waals surface area contributed by atoms with E-state index in [0.29, 0.717) is 24.3 Å². The molecule has 2 unspecified atom stereocenters. The number of nitrogens with zero attached hydrogens (tertiary/aromatic N) is 1. The number of nitrogen functional groups attached to an aromatic ring is 1. The highest BCUT2D eigenvalue weighted by molar-refractivity contribution is 5.40. The van der Waals surface area contributed by atoms with Gasteiger partial charge in [0.05, 0.1) is 6.10 Å². The maximum atomic E-state index is 9.75. The van der Waals surface area contributed by atoms with Crippen molar-refractivity contribution in [3.63, 3.8) is 0 Å². The third kappa shape index (κ3) is 2.89. The molecule has 5 heteroatoms. The van der Waals surface area contributed by atoms with Crippen molar-refractivity contribution < 1.29 is 10.2 Å². The van der Waals surface area contributed by atoms with Crippen LogP contribution in [0.3, 0.4) is 0 Å². The molecule has 0 aliphatic carbocycles. The molecule has 2 atom stereocenters. The van der Waals surface area contributed by atoms with Crippen molar-refractivity contribution in [2.24, 2.45) is 5.73 Å². The molecule has 0 aromatic carbocycles. The summed E-state index contributed by atoms with van der Waals surface area (Å²) in [5.41, 5.74) is 12.2. The summed E-state index contributed by atoms with van der Waals surface area (Å²) in [4.78, 5) is 3.92. The highest BCUT2D eigenvalue weighted by Crippen LogP contribution is 2.20. The zero-order chi connectivity index (χ0) is 11.4. The Morgan fingerprint density at radius 2 is 2.13 bits per heavy atom. The van der Waals surface area contributed by atoms with Gasteiger partial charge >= 0.3 is 0 Å². The molecule has 0 fully saturated rings. The molecule has 0 bridgehead atoms. The highest BCUT2D eigenvalue weighted by atomic mass is 16.3. The molecule has 0 saturated heterocycles. The largest absolute Gasteiger partial charge is 0.390 e. The Bertz CT molecular complexity index is 330. The van der Waals surface area contributed by atoms with Crippen molar-refractivity contribution >= 4 is 5.82 Å². The molecule has 1 aromatic heterocycles. The van der Waals surface area contributed by atoms with Crippen molar-refractivity contribution in [1.29, 1.82) is 0 Å². The number of pyridine rings is 1. The Balaban J connectivity index is 2.81. The smallest absolute Gasteiger partial charge is 0.126 e. The molecular formula is C10H17N3O2. The lowest BCUT2D eigenvalue weighted by molar-refractivity contribution is 0.0148. The fraction of sp³-hybridized carbons (Fsp3) is 0.500. The van der Waals surface area contributed by atoms with Gasteiger partial charge in [-0.3, -0.25) is 0 Å². The minimum absolute atomic E-state index is 0.333. The van der Waals surface area contributed by atoms with Crippen LogP contribution in [0.15, 0.2) is 12.3 Å². The predicted octanol–water partition coefficient (Wildman–Crippen LogP) is -0.285. The number of aromatic nitrogens is 1. The number of aliphatic hydroxyl groups excluding tert-OH is 2. The minimum atomic E-state index is -0.958. The number of aryl methyl sites for hydroxylation is 1. The predicted molar refractivity (Wildman–Crippen MR) is 58.0 cm³/mol. The lowest BCUT2D eigenvalue weighted by atomic mass is 10.0. The van der Waals surface area contributed by atoms with Gasteiger partial charge in [-0.05, 0) is 31.5 Å². The highest BCUT2D eigenvalue weighted by Gasteiger charge is 2.18. The van der Waals surface area contributed by atoms with Crippen LogP contribution in [-0.2, 0) is 0 Å². The number of hydrogen-bond acceptors (Lipinski definition) is 5. The molecule has 0 spiro atoms. The number of rotatable bonds is 4. The summed E-state index contributed by atoms with van der Waals surface area (Å²) in [5, 5.41) is 19.3. The van der Waals surface area contributed by atoms with Crippen LogP contribution in [-0.4, -0.2) is 27.8 Å². The average Bonchev–Trinajstić information content (AvgIpc) is 2.21. The van der Waals surface area contributed by atoms with Crippen LogP contribution in [0.5, 0.6) is 0 Å². The summed E-state index contributed by atoms with van der Waals surface area (Å²) in [5.74, 6) is 0.430. The quantitative estimate of drug-likeness (QED) is 0.548. The maximum Gasteiger partial charge on any atom is 0.126 e. The van der Waals surface area contributed by atoms with Gasteiger partial charge in [-0.25, -0.2) is 4.98 Å². The van der Waals surface area contributed by atoms with E-state index in [2.05, 4.69) is 4.98 Å². The first-order valence-electron chi connectivity index (χ1n) is 4.84. The van der Waals surface area contributed by atoms with Gasteiger partial charge in [-0.1, -0.05) is 0 Å². The van der Waals surface area contributed by atoms with Gasteiger partial charge in [0.2, 0.25) is 0 Å². The molecule has 1 aromatic rings. The Kier molecular flexibility index (Phi) is 4.02. The van der Waals surface area contributed by atoms with E-state index in [0.717, 1.165) is 5.56 Å². The van der Waals surface area contributed by atoms with E-state index in [1.165, 1.54) is 6.20 Å². The zero-order valence-corrected chi connectivity index (χ0v) is 8.72. The molecule has 0 radical (unpaired) electrons. The molecule has 0 aliphatic rings. The van der Waals surface area contributed by atoms with Gasteiger partial charge in [-0.15, -0.1) is 0 Å². The monoisotopic (exact) mass is 211 g/mol. The second-order valence-corrected chi connectivity index (χ2v) is 3.56. The first-order chi connectivity index (χ1) is 7.06. The maximum absolute atomic E-state index is 9.75. The van der Waals surface area contributed by atoms with Crippen LogP contribution in [0.25, 0.3) is 0 Å². The van der Waals surface area contributed by atoms with E-state index in [4.69, 9.17) is 11.5 Å². The van der Waals surface area contributed by atoms with Crippen LogP contribution < -0.4 is 11.5 Å². The number of aliphatic hydroxyl groups is 2. The summed E-state index contributed by atoms with van der Waals surface area (Å²) in [6.45, 7) is 2.13. The molecule has 1 rings (SSSR count). The van der Waals surface area contributed by atoms with Crippen LogP contribution in [0.4, 0.5) is 5.82 Å². The topological polar surface area (TPSA) is 105 Å². The molecule has 15 heavy (non-hydrogen) atoms. The summed E-state index contributed by atoms with van der Waals surface area (Å²) in [6.07, 6.45) is -0.00249. The van der Waals surface area contributed by atoms with Gasteiger partial charge in [0, 0.05) is 11.8 Å². The van der Waals surface area contributed by atoms with Gasteiger partial charge in [0.1, 0.15) is 11.9 Å². The summed E-state index contributed by atoms with van der Waals surface area (Å²) >= 11 is 0. The van der Waals surface area contributed by atoms with Gasteiger partial charge in [0.15, 0.2) is 0 Å². The van der Waals surface area contributed by atoms with Crippen molar-refractivity contribution in [2.75, 3.05) is 12.3 Å². The average molecular weight is 211 g/mol. The van der Waals surface area contributed by atoms with Crippen LogP contribution in [0.2, 0.25) is 0 Å². The first kappa shape index (κ1) is 11.9. The van der Waals surface area contributed by atoms with Crippen molar-refractivity contribution in [3.8, 4) is 0 Å². The van der Waals surface area contributed by atoms with Gasteiger partial charge < -0.3 is 21.7 Å². The van der Waals surface area contributed by atoms with Crippen molar-refractivity contribution in [2.45, 2.75) is 25.6 Å². The van der Waals surface area contributed by atoms with Gasteiger partial charge in [0.25, 0.3) is 0 Å². The summed E-state index contributed by atoms with van der Waals surface area (Å²) < 4.78 is 0. The molecular weight excluding hydrogens is 194 g/mol. The van der Waals surface area contributed by atoms with Crippen molar-refractivity contribution in [3.05, 3.63) is 23.4 Å². The second kappa shape index (κ2) is 5.06. The lowest BCUT2D eigenvalue weighted by Gasteiger charge is -2.17. The molecule has 5 nitrogen and oxygen atoms in total. The van der Waals surface area contributed by atoms with E-state index in [9.17, 15) is 10.2 Å². The molecule has 84 valence electrons. The number of nitrogens with two attached hydrogens (primary N) is 2. The van der Waals surface area contributed by atoms with E-state index < -0.39 is 12.2 Å². The van der Waals surface area contributed by atoms with Crippen molar-refractivity contribution in [1.82, 2.24) is 4.98 Å². The van der Waals surface area contributed by atoms with Crippen LogP contribution in [0, 0.1) is 6.92 Å². The van der Waals surface area contributed by atoms with Crippen LogP contribution in [0.1, 0.15) is 23.7 Å². The summed E-state index contributed by atoms with van der Waals surface area (Å²) in [7, 11) is 0. The Labute approximate surface area is 88.7 Å². The summed E-state index contributed by atoms with van der Waals surface area (Å²) in [6, 6.07) is 1.72. The SMILES string of the molecule is Cc1cc(C(O)C(O)CCN)cnc1N. The molecule has 0 aliphatic heterocycles. The first-order valence-corrected chi connectivity index (χ1v) is 4.84. The van der Waals surface area contributed by atoms with E-state index in [1.54, 1.807) is 13.0 Å². The van der Waals surface area contributed by atoms with E-state index >= 15 is 0 Å². The normalized spacial score (nSPS) is 14.9. The third-order valence-corrected chi connectivity index (χ3v) is 2.31.